The van der Waals surface area contributed by atoms with Crippen LogP contribution in [0, 0.1) is 34.6 Å². The number of aldehydes is 2. The second-order valence-electron chi connectivity index (χ2n) is 13.7. The standard InChI is InChI=1S/C43H40O16/c1-17-8-30(48)26(15-44)40(34(17)42(54)56-6)58-38-19(3)10-28(46)24(36(38)52)12-22-21(5)23(33(51)14-32(22)50)13-25-29(47)11-20(4)39(37(25)53)59-41-27(16-45)31(49)9-18(2)35(41)43(55)57-7/h8-11,14-16,46-53H,12-13H2,1-7H3. The molecule has 16 nitrogen and oxygen atoms in total. The zero-order valence-corrected chi connectivity index (χ0v) is 32.8. The van der Waals surface area contributed by atoms with Gasteiger partial charge in [0.15, 0.2) is 47.1 Å². The van der Waals surface area contributed by atoms with Crippen LogP contribution in [0.4, 0.5) is 0 Å². The summed E-state index contributed by atoms with van der Waals surface area (Å²) in [4.78, 5) is 49.6. The number of ether oxygens (including phenoxy) is 4. The molecule has 5 aromatic carbocycles. The zero-order valence-electron chi connectivity index (χ0n) is 32.8. The summed E-state index contributed by atoms with van der Waals surface area (Å²) in [6, 6.07) is 5.73. The number of hydrogen-bond acceptors (Lipinski definition) is 16. The van der Waals surface area contributed by atoms with E-state index in [9.17, 15) is 60.0 Å². The molecule has 0 saturated carbocycles. The Morgan fingerprint density at radius 2 is 0.797 bits per heavy atom. The van der Waals surface area contributed by atoms with E-state index in [0.29, 0.717) is 0 Å². The summed E-state index contributed by atoms with van der Waals surface area (Å²) in [6.07, 6.45) is -0.356. The summed E-state index contributed by atoms with van der Waals surface area (Å²) in [6.45, 7) is 7.29. The predicted molar refractivity (Wildman–Crippen MR) is 208 cm³/mol. The van der Waals surface area contributed by atoms with E-state index in [1.165, 1.54) is 46.8 Å². The third-order valence-electron chi connectivity index (χ3n) is 9.96. The van der Waals surface area contributed by atoms with Gasteiger partial charge in [-0.05, 0) is 86.7 Å². The second kappa shape index (κ2) is 16.5. The smallest absolute Gasteiger partial charge is 0.341 e. The molecule has 8 N–H and O–H groups in total. The van der Waals surface area contributed by atoms with Crippen LogP contribution >= 0.6 is 0 Å². The van der Waals surface area contributed by atoms with Crippen LogP contribution in [0.25, 0.3) is 0 Å². The van der Waals surface area contributed by atoms with E-state index in [-0.39, 0.29) is 85.3 Å². The maximum Gasteiger partial charge on any atom is 0.341 e. The lowest BCUT2D eigenvalue weighted by molar-refractivity contribution is 0.0587. The highest BCUT2D eigenvalue weighted by molar-refractivity contribution is 6.00. The minimum absolute atomic E-state index is 0.0476. The van der Waals surface area contributed by atoms with Gasteiger partial charge in [0.1, 0.15) is 45.6 Å². The van der Waals surface area contributed by atoms with Crippen LogP contribution in [0.3, 0.4) is 0 Å². The molecule has 0 radical (unpaired) electrons. The van der Waals surface area contributed by atoms with Gasteiger partial charge in [0.2, 0.25) is 0 Å². The fourth-order valence-corrected chi connectivity index (χ4v) is 6.81. The van der Waals surface area contributed by atoms with Gasteiger partial charge in [-0.1, -0.05) is 0 Å². The Hall–Kier alpha value is -7.62. The third kappa shape index (κ3) is 7.62. The molecule has 0 saturated heterocycles. The number of esters is 2. The lowest BCUT2D eigenvalue weighted by Gasteiger charge is -2.21. The molecule has 0 aliphatic heterocycles. The van der Waals surface area contributed by atoms with Gasteiger partial charge in [-0.2, -0.15) is 0 Å². The Balaban J connectivity index is 1.61. The fraction of sp³-hybridized carbons (Fsp3) is 0.209. The van der Waals surface area contributed by atoms with E-state index in [0.717, 1.165) is 32.4 Å². The Bertz CT molecular complexity index is 2410. The van der Waals surface area contributed by atoms with E-state index in [1.807, 2.05) is 0 Å². The summed E-state index contributed by atoms with van der Waals surface area (Å²) in [5, 5.41) is 88.4. The van der Waals surface area contributed by atoms with Crippen LogP contribution in [0.2, 0.25) is 0 Å². The van der Waals surface area contributed by atoms with E-state index < -0.39 is 93.4 Å². The lowest BCUT2D eigenvalue weighted by Crippen LogP contribution is -2.09. The van der Waals surface area contributed by atoms with Crippen LogP contribution in [0.5, 0.6) is 69.0 Å². The van der Waals surface area contributed by atoms with Crippen LogP contribution in [-0.2, 0) is 22.3 Å². The first kappa shape index (κ1) is 42.5. The lowest BCUT2D eigenvalue weighted by atomic mass is 9.90. The molecule has 5 aromatic rings. The fourth-order valence-electron chi connectivity index (χ4n) is 6.81. The topological polar surface area (TPSA) is 267 Å². The first-order valence-corrected chi connectivity index (χ1v) is 17.6. The molecule has 0 heterocycles. The molecule has 0 unspecified atom stereocenters. The van der Waals surface area contributed by atoms with E-state index >= 15 is 0 Å². The largest absolute Gasteiger partial charge is 0.508 e. The van der Waals surface area contributed by atoms with Crippen molar-refractivity contribution < 1.29 is 79.0 Å². The van der Waals surface area contributed by atoms with Crippen molar-refractivity contribution in [3.63, 3.8) is 0 Å². The van der Waals surface area contributed by atoms with Crippen molar-refractivity contribution in [2.45, 2.75) is 47.5 Å². The molecular weight excluding hydrogens is 772 g/mol. The number of carbonyl (C=O) groups is 4. The number of aryl methyl sites for hydroxylation is 4. The number of aromatic hydroxyl groups is 8. The molecule has 0 spiro atoms. The average molecular weight is 813 g/mol. The number of phenolic OH excluding ortho intramolecular Hbond substituents is 8. The molecule has 0 aliphatic rings. The van der Waals surface area contributed by atoms with Crippen LogP contribution < -0.4 is 9.47 Å². The highest BCUT2D eigenvalue weighted by atomic mass is 16.5. The summed E-state index contributed by atoms with van der Waals surface area (Å²) < 4.78 is 21.6. The van der Waals surface area contributed by atoms with Gasteiger partial charge in [-0.15, -0.1) is 0 Å². The highest BCUT2D eigenvalue weighted by Crippen LogP contribution is 2.49. The molecule has 0 amide bonds. The first-order chi connectivity index (χ1) is 27.8. The molecule has 0 bridgehead atoms. The van der Waals surface area contributed by atoms with Crippen LogP contribution in [-0.4, -0.2) is 79.6 Å². The quantitative estimate of drug-likeness (QED) is 0.0473. The van der Waals surface area contributed by atoms with Crippen molar-refractivity contribution in [1.82, 2.24) is 0 Å². The Labute approximate surface area is 336 Å². The van der Waals surface area contributed by atoms with Crippen molar-refractivity contribution in [2.75, 3.05) is 14.2 Å². The molecule has 16 heteroatoms. The molecule has 0 aliphatic carbocycles. The van der Waals surface area contributed by atoms with Gasteiger partial charge in [-0.25, -0.2) is 9.59 Å². The van der Waals surface area contributed by atoms with Crippen molar-refractivity contribution in [1.29, 1.82) is 0 Å². The maximum atomic E-state index is 12.8. The molecule has 0 aromatic heterocycles. The van der Waals surface area contributed by atoms with E-state index in [4.69, 9.17) is 18.9 Å². The number of phenols is 8. The molecule has 0 atom stereocenters. The SMILES string of the molecule is COC(=O)c1c(C)cc(O)c(C=O)c1Oc1c(C)cc(O)c(Cc2c(O)cc(O)c(Cc3c(O)cc(C)c(Oc4c(C=O)c(O)cc(C)c4C(=O)OC)c3O)c2C)c1O. The molecule has 0 fully saturated rings. The summed E-state index contributed by atoms with van der Waals surface area (Å²) in [5.74, 6) is -7.65. The summed E-state index contributed by atoms with van der Waals surface area (Å²) in [7, 11) is 2.19. The number of carbonyl (C=O) groups excluding carboxylic acids is 4. The summed E-state index contributed by atoms with van der Waals surface area (Å²) in [5.41, 5.74) is -0.838. The van der Waals surface area contributed by atoms with Crippen molar-refractivity contribution in [2.24, 2.45) is 0 Å². The normalized spacial score (nSPS) is 10.9. The van der Waals surface area contributed by atoms with Crippen LogP contribution in [0.15, 0.2) is 30.3 Å². The molecule has 5 rings (SSSR count). The van der Waals surface area contributed by atoms with Gasteiger partial charge in [0.05, 0.1) is 25.3 Å². The number of benzene rings is 5. The first-order valence-electron chi connectivity index (χ1n) is 17.6. The van der Waals surface area contributed by atoms with Crippen molar-refractivity contribution >= 4 is 24.5 Å². The van der Waals surface area contributed by atoms with Gasteiger partial charge in [-0.3, -0.25) is 9.59 Å². The van der Waals surface area contributed by atoms with Crippen molar-refractivity contribution in [3.05, 3.63) is 103 Å². The summed E-state index contributed by atoms with van der Waals surface area (Å²) >= 11 is 0. The molecule has 308 valence electrons. The minimum atomic E-state index is -0.913. The number of rotatable bonds is 12. The molecular formula is C43H40O16. The Morgan fingerprint density at radius 1 is 0.475 bits per heavy atom. The minimum Gasteiger partial charge on any atom is -0.508 e. The maximum absolute atomic E-state index is 12.8. The second-order valence-corrected chi connectivity index (χ2v) is 13.7. The number of methoxy groups -OCH3 is 2. The Kier molecular flexibility index (Phi) is 11.9. The monoisotopic (exact) mass is 812 g/mol. The van der Waals surface area contributed by atoms with E-state index in [1.54, 1.807) is 0 Å². The number of hydrogen-bond donors (Lipinski definition) is 8. The third-order valence-corrected chi connectivity index (χ3v) is 9.96. The molecule has 59 heavy (non-hydrogen) atoms. The zero-order chi connectivity index (χ0) is 43.8. The highest BCUT2D eigenvalue weighted by Gasteiger charge is 2.30. The van der Waals surface area contributed by atoms with Gasteiger partial charge < -0.3 is 59.8 Å². The van der Waals surface area contributed by atoms with E-state index in [2.05, 4.69) is 0 Å². The average Bonchev–Trinajstić information content (AvgIpc) is 3.16. The van der Waals surface area contributed by atoms with Gasteiger partial charge in [0, 0.05) is 41.2 Å². The predicted octanol–water partition coefficient (Wildman–Crippen LogP) is 6.84. The van der Waals surface area contributed by atoms with Gasteiger partial charge in [0.25, 0.3) is 0 Å². The van der Waals surface area contributed by atoms with Gasteiger partial charge >= 0.3 is 11.9 Å². The van der Waals surface area contributed by atoms with Crippen LogP contribution in [0.1, 0.15) is 91.5 Å². The Morgan fingerprint density at radius 3 is 1.12 bits per heavy atom. The van der Waals surface area contributed by atoms with Crippen molar-refractivity contribution in [3.8, 4) is 69.0 Å².